The number of rotatable bonds is 1. The fourth-order valence-corrected chi connectivity index (χ4v) is 0. The summed E-state index contributed by atoms with van der Waals surface area (Å²) in [5.74, 6) is 0.111. The lowest BCUT2D eigenvalue weighted by molar-refractivity contribution is -0.312. The molecule has 0 rings (SSSR count). The smallest absolute Gasteiger partial charge is 0.0368 e. The molecule has 0 aromatic rings. The summed E-state index contributed by atoms with van der Waals surface area (Å²) in [6, 6.07) is 0. The van der Waals surface area contributed by atoms with Gasteiger partial charge in [-0.1, -0.05) is 13.8 Å². The molecule has 0 aliphatic heterocycles. The van der Waals surface area contributed by atoms with Crippen LogP contribution in [-0.4, -0.2) is 0 Å². The molecule has 0 heterocycles. The normalized spacial score (nSPS) is 9.17. The predicted molar refractivity (Wildman–Crippen MR) is 24.0 cm³/mol. The Kier molecular flexibility index (Phi) is 1.71. The first-order valence-corrected chi connectivity index (χ1v) is 2.00. The molecule has 0 bridgehead atoms. The molecule has 0 amide bonds. The van der Waals surface area contributed by atoms with Crippen LogP contribution in [0.25, 0.3) is 0 Å². The monoisotopic (exact) mass is 85.1 g/mol. The second-order valence-electron chi connectivity index (χ2n) is 1.62. The lowest BCUT2D eigenvalue weighted by atomic mass is 10.2. The van der Waals surface area contributed by atoms with Gasteiger partial charge in [-0.15, -0.1) is 12.3 Å². The molecule has 0 saturated carbocycles. The van der Waals surface area contributed by atoms with E-state index in [0.717, 1.165) is 0 Å². The van der Waals surface area contributed by atoms with Gasteiger partial charge in [0.1, 0.15) is 0 Å². The maximum Gasteiger partial charge on any atom is -0.0368 e. The molecule has 0 aliphatic rings. The van der Waals surface area contributed by atoms with E-state index in [1.165, 1.54) is 0 Å². The number of allylic oxidation sites excluding steroid dienone is 1. The van der Waals surface area contributed by atoms with Crippen LogP contribution in [-0.2, 0) is 0 Å². The summed E-state index contributed by atoms with van der Waals surface area (Å²) in [6.07, 6.45) is 0. The average Bonchev–Trinajstić information content (AvgIpc) is 1.36. The average molecular weight is 85.1 g/mol. The Morgan fingerprint density at radius 2 is 1.83 bits per heavy atom. The Balaban J connectivity index is 3.26. The highest BCUT2D eigenvalue weighted by molar-refractivity contribution is 4.79. The highest BCUT2D eigenvalue weighted by atomic mass is 16.3. The highest BCUT2D eigenvalue weighted by Crippen LogP contribution is 1.95. The van der Waals surface area contributed by atoms with Gasteiger partial charge in [0.05, 0.1) is 0 Å². The third kappa shape index (κ3) is 1.82. The third-order valence-electron chi connectivity index (χ3n) is 0.644. The fraction of sp³-hybridized carbons (Fsp3) is 0.600. The summed E-state index contributed by atoms with van der Waals surface area (Å²) < 4.78 is 0. The molecule has 1 heteroatoms. The van der Waals surface area contributed by atoms with Crippen LogP contribution in [0.5, 0.6) is 0 Å². The van der Waals surface area contributed by atoms with Crippen LogP contribution < -0.4 is 5.11 Å². The van der Waals surface area contributed by atoms with E-state index in [1.54, 1.807) is 0 Å². The predicted octanol–water partition coefficient (Wildman–Crippen LogP) is 0.516. The van der Waals surface area contributed by atoms with Crippen LogP contribution in [0.4, 0.5) is 0 Å². The summed E-state index contributed by atoms with van der Waals surface area (Å²) >= 11 is 0. The minimum absolute atomic E-state index is 0.00926. The lowest BCUT2D eigenvalue weighted by Crippen LogP contribution is -2.07. The van der Waals surface area contributed by atoms with Crippen molar-refractivity contribution in [2.75, 3.05) is 0 Å². The minimum Gasteiger partial charge on any atom is -0.876 e. The van der Waals surface area contributed by atoms with E-state index >= 15 is 0 Å². The van der Waals surface area contributed by atoms with Crippen LogP contribution in [0.2, 0.25) is 0 Å². The largest absolute Gasteiger partial charge is 0.876 e. The molecule has 0 unspecified atom stereocenters. The van der Waals surface area contributed by atoms with Crippen molar-refractivity contribution < 1.29 is 5.11 Å². The van der Waals surface area contributed by atoms with Crippen molar-refractivity contribution in [2.45, 2.75) is 13.8 Å². The van der Waals surface area contributed by atoms with Crippen LogP contribution >= 0.6 is 0 Å². The molecule has 0 N–H and O–H groups in total. The van der Waals surface area contributed by atoms with Gasteiger partial charge in [-0.3, -0.25) is 0 Å². The van der Waals surface area contributed by atoms with Crippen molar-refractivity contribution in [3.63, 3.8) is 0 Å². The molecule has 0 fully saturated rings. The van der Waals surface area contributed by atoms with Gasteiger partial charge in [0.25, 0.3) is 0 Å². The summed E-state index contributed by atoms with van der Waals surface area (Å²) in [5, 5.41) is 10.0. The summed E-state index contributed by atoms with van der Waals surface area (Å²) in [6.45, 7) is 6.86. The number of hydrogen-bond acceptors (Lipinski definition) is 1. The standard InChI is InChI=1S/C5H10O/c1-4(2)5(3)6/h4,6H,3H2,1-2H3/p-1. The van der Waals surface area contributed by atoms with Crippen LogP contribution in [0.1, 0.15) is 13.8 Å². The first-order chi connectivity index (χ1) is 2.64. The van der Waals surface area contributed by atoms with Crippen molar-refractivity contribution in [1.82, 2.24) is 0 Å². The Bertz CT molecular complexity index is 55.0. The van der Waals surface area contributed by atoms with Crippen molar-refractivity contribution in [1.29, 1.82) is 0 Å². The summed E-state index contributed by atoms with van der Waals surface area (Å²) in [4.78, 5) is 0. The van der Waals surface area contributed by atoms with Gasteiger partial charge in [-0.25, -0.2) is 0 Å². The zero-order chi connectivity index (χ0) is 5.15. The maximum absolute atomic E-state index is 10.0. The Labute approximate surface area is 38.3 Å². The molecule has 36 valence electrons. The van der Waals surface area contributed by atoms with Gasteiger partial charge in [-0.2, -0.15) is 0 Å². The molecule has 0 aliphatic carbocycles. The van der Waals surface area contributed by atoms with E-state index in [0.29, 0.717) is 0 Å². The van der Waals surface area contributed by atoms with Crippen molar-refractivity contribution >= 4 is 0 Å². The van der Waals surface area contributed by atoms with Gasteiger partial charge < -0.3 is 5.11 Å². The van der Waals surface area contributed by atoms with Crippen molar-refractivity contribution in [3.05, 3.63) is 12.3 Å². The maximum atomic E-state index is 10.0. The van der Waals surface area contributed by atoms with Gasteiger partial charge in [-0.05, 0) is 5.92 Å². The molecule has 6 heavy (non-hydrogen) atoms. The Morgan fingerprint density at radius 3 is 1.83 bits per heavy atom. The van der Waals surface area contributed by atoms with Crippen molar-refractivity contribution in [3.8, 4) is 0 Å². The highest BCUT2D eigenvalue weighted by Gasteiger charge is 1.80. The van der Waals surface area contributed by atoms with E-state index in [4.69, 9.17) is 0 Å². The number of hydrogen-bond donors (Lipinski definition) is 0. The topological polar surface area (TPSA) is 23.1 Å². The first kappa shape index (κ1) is 5.54. The van der Waals surface area contributed by atoms with Gasteiger partial charge in [0.15, 0.2) is 0 Å². The second kappa shape index (κ2) is 1.85. The van der Waals surface area contributed by atoms with Crippen LogP contribution in [0.3, 0.4) is 0 Å². The Hall–Kier alpha value is -0.460. The van der Waals surface area contributed by atoms with E-state index in [9.17, 15) is 5.11 Å². The van der Waals surface area contributed by atoms with Gasteiger partial charge in [0, 0.05) is 0 Å². The Morgan fingerprint density at radius 1 is 1.67 bits per heavy atom. The second-order valence-corrected chi connectivity index (χ2v) is 1.62. The van der Waals surface area contributed by atoms with E-state index in [2.05, 4.69) is 6.58 Å². The van der Waals surface area contributed by atoms with Gasteiger partial charge in [0.2, 0.25) is 0 Å². The summed E-state index contributed by atoms with van der Waals surface area (Å²) in [5.41, 5.74) is 0. The molecule has 0 aromatic carbocycles. The molecule has 0 spiro atoms. The zero-order valence-corrected chi connectivity index (χ0v) is 4.19. The minimum atomic E-state index is 0.00926. The SMILES string of the molecule is C=C([O-])C(C)C. The van der Waals surface area contributed by atoms with Crippen molar-refractivity contribution in [2.24, 2.45) is 5.92 Å². The van der Waals surface area contributed by atoms with E-state index in [1.807, 2.05) is 13.8 Å². The zero-order valence-electron chi connectivity index (χ0n) is 4.19. The molecule has 1 nitrogen and oxygen atoms in total. The summed E-state index contributed by atoms with van der Waals surface area (Å²) in [7, 11) is 0. The molecule has 0 aromatic heterocycles. The quantitative estimate of drug-likeness (QED) is 0.425. The molecule has 0 saturated heterocycles. The van der Waals surface area contributed by atoms with E-state index in [-0.39, 0.29) is 11.7 Å². The molecule has 0 radical (unpaired) electrons. The van der Waals surface area contributed by atoms with Crippen LogP contribution in [0, 0.1) is 5.92 Å². The van der Waals surface area contributed by atoms with Gasteiger partial charge >= 0.3 is 0 Å². The first-order valence-electron chi connectivity index (χ1n) is 2.00. The molecular weight excluding hydrogens is 76.1 g/mol. The molecule has 0 atom stereocenters. The van der Waals surface area contributed by atoms with E-state index < -0.39 is 0 Å². The van der Waals surface area contributed by atoms with Crippen LogP contribution in [0.15, 0.2) is 12.3 Å². The fourth-order valence-electron chi connectivity index (χ4n) is 0. The lowest BCUT2D eigenvalue weighted by Gasteiger charge is -2.11. The molecular formula is C5H9O-. The third-order valence-corrected chi connectivity index (χ3v) is 0.644.